The third-order valence-corrected chi connectivity index (χ3v) is 8.81. The minimum atomic E-state index is -0.313. The zero-order chi connectivity index (χ0) is 26.5. The van der Waals surface area contributed by atoms with Crippen molar-refractivity contribution in [3.05, 3.63) is 46.2 Å². The Hall–Kier alpha value is -2.91. The maximum absolute atomic E-state index is 13.4. The molecule has 0 radical (unpaired) electrons. The molecule has 8 nitrogen and oxygen atoms in total. The zero-order valence-electron chi connectivity index (χ0n) is 21.9. The molecule has 2 aliphatic heterocycles. The van der Waals surface area contributed by atoms with Crippen LogP contribution in [-0.4, -0.2) is 61.1 Å². The molecule has 38 heavy (non-hydrogen) atoms. The number of rotatable bonds is 7. The van der Waals surface area contributed by atoms with Crippen molar-refractivity contribution in [1.82, 2.24) is 10.2 Å². The molecule has 1 aromatic heterocycles. The number of nitrogens with one attached hydrogen (secondary N) is 2. The van der Waals surface area contributed by atoms with Crippen LogP contribution in [0.3, 0.4) is 0 Å². The molecule has 2 aromatic rings. The van der Waals surface area contributed by atoms with E-state index in [0.717, 1.165) is 17.8 Å². The van der Waals surface area contributed by atoms with Gasteiger partial charge in [-0.25, -0.2) is 0 Å². The molecule has 1 saturated carbocycles. The van der Waals surface area contributed by atoms with Gasteiger partial charge in [-0.1, -0.05) is 25.3 Å². The first-order valence-corrected chi connectivity index (χ1v) is 14.6. The number of nitrogens with zero attached hydrogens (tertiary/aromatic N) is 1. The van der Waals surface area contributed by atoms with Gasteiger partial charge in [0.15, 0.2) is 0 Å². The Morgan fingerprint density at radius 1 is 1.08 bits per heavy atom. The number of benzene rings is 1. The highest BCUT2D eigenvalue weighted by Gasteiger charge is 2.39. The highest BCUT2D eigenvalue weighted by molar-refractivity contribution is 7.10. The lowest BCUT2D eigenvalue weighted by atomic mass is 9.89. The number of carbonyl (C=O) groups excluding carboxylic acids is 3. The summed E-state index contributed by atoms with van der Waals surface area (Å²) < 4.78 is 12.4. The van der Waals surface area contributed by atoms with Crippen LogP contribution in [0.5, 0.6) is 5.75 Å². The molecule has 2 N–H and O–H groups in total. The molecule has 3 amide bonds. The third kappa shape index (κ3) is 6.56. The van der Waals surface area contributed by atoms with Gasteiger partial charge in [0.25, 0.3) is 5.91 Å². The number of carbonyl (C=O) groups is 3. The van der Waals surface area contributed by atoms with Crippen molar-refractivity contribution in [3.8, 4) is 5.75 Å². The summed E-state index contributed by atoms with van der Waals surface area (Å²) in [6.45, 7) is 1.05. The number of ether oxygens (including phenoxy) is 2. The normalized spacial score (nSPS) is 23.9. The topological polar surface area (TPSA) is 97.0 Å². The Labute approximate surface area is 228 Å². The van der Waals surface area contributed by atoms with E-state index < -0.39 is 0 Å². The molecule has 3 heterocycles. The van der Waals surface area contributed by atoms with Crippen molar-refractivity contribution in [2.24, 2.45) is 5.92 Å². The number of anilines is 1. The fraction of sp³-hybridized carbons (Fsp3) is 0.552. The molecule has 5 rings (SSSR count). The highest BCUT2D eigenvalue weighted by atomic mass is 32.1. The highest BCUT2D eigenvalue weighted by Crippen LogP contribution is 2.32. The number of thiophene rings is 1. The summed E-state index contributed by atoms with van der Waals surface area (Å²) in [4.78, 5) is 41.2. The summed E-state index contributed by atoms with van der Waals surface area (Å²) in [5, 5.41) is 7.94. The molecule has 0 spiro atoms. The van der Waals surface area contributed by atoms with Crippen LogP contribution in [0.25, 0.3) is 0 Å². The smallest absolute Gasteiger partial charge is 0.257 e. The number of amides is 3. The van der Waals surface area contributed by atoms with Crippen molar-refractivity contribution in [2.45, 2.75) is 76.0 Å². The van der Waals surface area contributed by atoms with Crippen LogP contribution in [0, 0.1) is 5.92 Å². The van der Waals surface area contributed by atoms with Crippen molar-refractivity contribution < 1.29 is 23.9 Å². The first-order valence-electron chi connectivity index (χ1n) is 13.7. The molecule has 9 heteroatoms. The second kappa shape index (κ2) is 12.3. The lowest BCUT2D eigenvalue weighted by molar-refractivity contribution is -0.134. The SMILES string of the molecule is CN1C(=O)c2cc(NC(=O)Cc3cccs3)ccc2OC[C@@H]2O[C@@H](CC(=O)NCC3CCCCC3)CC[C@H]21. The second-order valence-electron chi connectivity index (χ2n) is 10.7. The van der Waals surface area contributed by atoms with Crippen molar-refractivity contribution >= 4 is 34.7 Å². The molecule has 0 bridgehead atoms. The van der Waals surface area contributed by atoms with E-state index in [4.69, 9.17) is 9.47 Å². The second-order valence-corrected chi connectivity index (χ2v) is 11.7. The molecule has 1 aromatic carbocycles. The van der Waals surface area contributed by atoms with Crippen LogP contribution in [0.4, 0.5) is 5.69 Å². The van der Waals surface area contributed by atoms with E-state index in [1.165, 1.54) is 43.4 Å². The van der Waals surface area contributed by atoms with Crippen molar-refractivity contribution in [1.29, 1.82) is 0 Å². The monoisotopic (exact) mass is 539 g/mol. The third-order valence-electron chi connectivity index (χ3n) is 7.94. The van der Waals surface area contributed by atoms with Crippen molar-refractivity contribution in [3.63, 3.8) is 0 Å². The van der Waals surface area contributed by atoms with E-state index in [9.17, 15) is 14.4 Å². The van der Waals surface area contributed by atoms with Gasteiger partial charge in [-0.05, 0) is 61.2 Å². The van der Waals surface area contributed by atoms with Gasteiger partial charge in [0.1, 0.15) is 18.5 Å². The fourth-order valence-electron chi connectivity index (χ4n) is 5.81. The Morgan fingerprint density at radius 3 is 2.71 bits per heavy atom. The van der Waals surface area contributed by atoms with Gasteiger partial charge in [-0.3, -0.25) is 14.4 Å². The molecule has 2 fully saturated rings. The maximum atomic E-state index is 13.4. The molecular formula is C29H37N3O5S. The van der Waals surface area contributed by atoms with Crippen LogP contribution in [0.2, 0.25) is 0 Å². The molecule has 1 saturated heterocycles. The number of hydrogen-bond acceptors (Lipinski definition) is 6. The Balaban J connectivity index is 1.18. The first kappa shape index (κ1) is 26.7. The van der Waals surface area contributed by atoms with Crippen LogP contribution >= 0.6 is 11.3 Å². The van der Waals surface area contributed by atoms with Gasteiger partial charge in [-0.15, -0.1) is 11.3 Å². The van der Waals surface area contributed by atoms with E-state index in [1.807, 2.05) is 17.5 Å². The molecule has 3 aliphatic rings. The largest absolute Gasteiger partial charge is 0.490 e. The average molecular weight is 540 g/mol. The van der Waals surface area contributed by atoms with E-state index in [1.54, 1.807) is 30.1 Å². The van der Waals surface area contributed by atoms with Crippen LogP contribution in [0.1, 0.15) is 66.6 Å². The van der Waals surface area contributed by atoms with Crippen molar-refractivity contribution in [2.75, 3.05) is 25.5 Å². The Kier molecular flexibility index (Phi) is 8.64. The summed E-state index contributed by atoms with van der Waals surface area (Å²) in [6.07, 6.45) is 7.80. The average Bonchev–Trinajstić information content (AvgIpc) is 3.43. The van der Waals surface area contributed by atoms with Gasteiger partial charge in [-0.2, -0.15) is 0 Å². The minimum absolute atomic E-state index is 0.0363. The van der Waals surface area contributed by atoms with Crippen LogP contribution in [0.15, 0.2) is 35.7 Å². The van der Waals surface area contributed by atoms with Crippen LogP contribution < -0.4 is 15.4 Å². The van der Waals surface area contributed by atoms with E-state index in [2.05, 4.69) is 10.6 Å². The number of hydrogen-bond donors (Lipinski definition) is 2. The lowest BCUT2D eigenvalue weighted by Crippen LogP contribution is -2.54. The fourth-order valence-corrected chi connectivity index (χ4v) is 6.51. The summed E-state index contributed by atoms with van der Waals surface area (Å²) in [6, 6.07) is 8.86. The molecule has 1 aliphatic carbocycles. The molecule has 204 valence electrons. The quantitative estimate of drug-likeness (QED) is 0.544. The van der Waals surface area contributed by atoms with E-state index >= 15 is 0 Å². The summed E-state index contributed by atoms with van der Waals surface area (Å²) in [5.41, 5.74) is 0.982. The van der Waals surface area contributed by atoms with E-state index in [-0.39, 0.29) is 36.0 Å². The van der Waals surface area contributed by atoms with Gasteiger partial charge >= 0.3 is 0 Å². The number of fused-ring (bicyclic) bond motifs is 2. The summed E-state index contributed by atoms with van der Waals surface area (Å²) >= 11 is 1.54. The van der Waals surface area contributed by atoms with Gasteiger partial charge in [0.2, 0.25) is 11.8 Å². The van der Waals surface area contributed by atoms with Gasteiger partial charge in [0, 0.05) is 24.2 Å². The first-order chi connectivity index (χ1) is 18.5. The lowest BCUT2D eigenvalue weighted by Gasteiger charge is -2.42. The summed E-state index contributed by atoms with van der Waals surface area (Å²) in [7, 11) is 1.79. The molecule has 0 unspecified atom stereocenters. The minimum Gasteiger partial charge on any atom is -0.490 e. The zero-order valence-corrected chi connectivity index (χ0v) is 22.8. The number of likely N-dealkylation sites (N-methyl/N-ethyl adjacent to an activating group) is 1. The Bertz CT molecular complexity index is 1130. The maximum Gasteiger partial charge on any atom is 0.257 e. The van der Waals surface area contributed by atoms with E-state index in [0.29, 0.717) is 48.8 Å². The molecular weight excluding hydrogens is 502 g/mol. The molecule has 3 atom stereocenters. The van der Waals surface area contributed by atoms with Crippen LogP contribution in [-0.2, 0) is 20.7 Å². The predicted molar refractivity (Wildman–Crippen MR) is 147 cm³/mol. The van der Waals surface area contributed by atoms with Gasteiger partial charge < -0.3 is 25.0 Å². The Morgan fingerprint density at radius 2 is 1.92 bits per heavy atom. The predicted octanol–water partition coefficient (Wildman–Crippen LogP) is 4.40. The standard InChI is InChI=1S/C29H37N3O5S/c1-32-24-11-10-21(15-27(33)30-17-19-6-3-2-4-7-19)37-26(24)18-36-25-12-9-20(14-23(25)29(32)35)31-28(34)16-22-8-5-13-38-22/h5,8-9,12-14,19,21,24,26H,2-4,6-7,10-11,15-18H2,1H3,(H,30,33)(H,31,34)/t21-,24-,26+/m1/s1. The van der Waals surface area contributed by atoms with Gasteiger partial charge in [0.05, 0.1) is 30.6 Å². The summed E-state index contributed by atoms with van der Waals surface area (Å²) in [5.74, 6) is 0.797.